The molecule has 25 nitrogen and oxygen atoms in total. The molecule has 4 aliphatic heterocycles. The van der Waals surface area contributed by atoms with Crippen molar-refractivity contribution in [2.45, 2.75) is 92.1 Å². The molecule has 0 unspecified atom stereocenters. The minimum atomic E-state index is -2.20. The van der Waals surface area contributed by atoms with Gasteiger partial charge in [0, 0.05) is 34.3 Å². The van der Waals surface area contributed by atoms with E-state index in [1.165, 1.54) is 54.6 Å². The molecular weight excluding hydrogens is 962 g/mol. The van der Waals surface area contributed by atoms with Crippen LogP contribution < -0.4 is 21.4 Å². The number of carbonyl (C=O) groups excluding carboxylic acids is 1. The van der Waals surface area contributed by atoms with Crippen molar-refractivity contribution in [3.63, 3.8) is 0 Å². The molecule has 27 heteroatoms. The lowest BCUT2D eigenvalue weighted by Crippen LogP contribution is -2.65. The molecule has 1 amide bonds. The van der Waals surface area contributed by atoms with Gasteiger partial charge in [-0.05, 0) is 54.2 Å². The van der Waals surface area contributed by atoms with Crippen molar-refractivity contribution >= 4 is 51.8 Å². The van der Waals surface area contributed by atoms with Crippen LogP contribution in [0, 0.1) is 0 Å². The van der Waals surface area contributed by atoms with Crippen LogP contribution in [0.5, 0.6) is 5.75 Å². The molecule has 0 radical (unpaired) electrons. The van der Waals surface area contributed by atoms with Crippen LogP contribution >= 0.6 is 12.2 Å². The molecule has 4 heterocycles. The summed E-state index contributed by atoms with van der Waals surface area (Å²) in [6.45, 7) is -3.81. The number of carbonyl (C=O) groups is 3. The second-order valence-electron chi connectivity index (χ2n) is 16.3. The molecule has 0 aromatic heterocycles. The Morgan fingerprint density at radius 1 is 0.800 bits per heavy atom. The number of aliphatic hydroxyl groups is 8. The molecule has 0 spiro atoms. The lowest BCUT2D eigenvalue weighted by Gasteiger charge is -2.46. The van der Waals surface area contributed by atoms with Gasteiger partial charge in [-0.3, -0.25) is 19.7 Å². The van der Waals surface area contributed by atoms with Gasteiger partial charge >= 0.3 is 11.9 Å². The number of halogens is 1. The Hall–Kier alpha value is -5.44. The van der Waals surface area contributed by atoms with E-state index < -0.39 is 143 Å². The summed E-state index contributed by atoms with van der Waals surface area (Å²) in [5.41, 5.74) is 0.745. The Bertz CT molecular complexity index is 2570. The summed E-state index contributed by atoms with van der Waals surface area (Å²) in [5.74, 6) is -3.69. The SMILES string of the molecule is O=C(CN[C@@H](CO[C@@H]1OC[C@@H](O[C@@H]2O[C@H](CO)[C@H](O[C@@H]3O[C@H](CO)[C@H](F)[C@H](O)[C@H]3O)[C@H](O)[C@H]2O)[C@H](O)[C@H]1O)C(=O)O)NC(=S)Nc1ccc(-c2c3ccc(=O)cc-3oc3cc(O)ccc23)c(C(=O)O)c1. The van der Waals surface area contributed by atoms with Crippen LogP contribution in [0.1, 0.15) is 10.4 Å². The first kappa shape index (κ1) is 52.4. The third-order valence-corrected chi connectivity index (χ3v) is 11.8. The minimum Gasteiger partial charge on any atom is -0.508 e. The van der Waals surface area contributed by atoms with Crippen molar-refractivity contribution in [1.29, 1.82) is 0 Å². The first-order valence-corrected chi connectivity index (χ1v) is 21.6. The standard InChI is InChI=1S/C43H48FN3O22S/c44-30-25(11-48)66-42(35(57)32(30)54)69-37-26(12-49)67-41(36(58)33(37)55)68-27-14-64-40(34(56)31(27)53)63-13-22(39(61)62)45-10-28(52)47-43(70)46-15-1-4-18(21(7-15)38(59)60)29-19-5-2-16(50)8-23(19)65-24-9-17(51)3-6-20(24)29/h1-9,22,25-27,30-37,40-42,45,48-50,53-58H,10-14H2,(H,59,60)(H,61,62)(H2,46,47,52,70)/t22-,25+,26+,27+,30-,31-,32-,33+,34+,35+,36+,37-,40+,41-,42-/m0/s1. The van der Waals surface area contributed by atoms with Gasteiger partial charge in [0.1, 0.15) is 84.2 Å². The van der Waals surface area contributed by atoms with E-state index >= 15 is 0 Å². The predicted molar refractivity (Wildman–Crippen MR) is 235 cm³/mol. The van der Waals surface area contributed by atoms with Gasteiger partial charge in [0.15, 0.2) is 35.6 Å². The number of aromatic carboxylic acids is 1. The first-order chi connectivity index (χ1) is 33.3. The fourth-order valence-corrected chi connectivity index (χ4v) is 8.20. The summed E-state index contributed by atoms with van der Waals surface area (Å²) >= 11 is 5.24. The van der Waals surface area contributed by atoms with E-state index in [0.717, 1.165) is 0 Å². The van der Waals surface area contributed by atoms with Crippen LogP contribution in [0.4, 0.5) is 10.1 Å². The van der Waals surface area contributed by atoms with Crippen LogP contribution in [0.3, 0.4) is 0 Å². The maximum atomic E-state index is 14.2. The quantitative estimate of drug-likeness (QED) is 0.0391. The van der Waals surface area contributed by atoms with Crippen molar-refractivity contribution in [3.05, 3.63) is 70.4 Å². The van der Waals surface area contributed by atoms with E-state index in [9.17, 15) is 79.7 Å². The molecule has 1 aliphatic carbocycles. The summed E-state index contributed by atoms with van der Waals surface area (Å²) < 4.78 is 52.6. The maximum Gasteiger partial charge on any atom is 0.336 e. The molecule has 2 aromatic rings. The van der Waals surface area contributed by atoms with Crippen molar-refractivity contribution in [2.75, 3.05) is 38.3 Å². The first-order valence-electron chi connectivity index (χ1n) is 21.2. The molecule has 0 saturated carbocycles. The summed E-state index contributed by atoms with van der Waals surface area (Å²) in [4.78, 5) is 49.6. The molecule has 2 aromatic carbocycles. The number of carboxylic acid groups (broad SMARTS) is 2. The van der Waals surface area contributed by atoms with E-state index in [1.807, 2.05) is 0 Å². The summed E-state index contributed by atoms with van der Waals surface area (Å²) in [6.07, 6.45) is -25.8. The number of benzene rings is 3. The number of aromatic hydroxyl groups is 1. The van der Waals surface area contributed by atoms with Crippen LogP contribution in [0.25, 0.3) is 33.4 Å². The van der Waals surface area contributed by atoms with Gasteiger partial charge < -0.3 is 99.6 Å². The van der Waals surface area contributed by atoms with Crippen LogP contribution in [0.15, 0.2) is 63.8 Å². The Kier molecular flexibility index (Phi) is 16.7. The molecular formula is C43H48FN3O22S. The number of carboxylic acids is 2. The molecule has 3 fully saturated rings. The summed E-state index contributed by atoms with van der Waals surface area (Å²) in [5, 5.41) is 121. The van der Waals surface area contributed by atoms with Gasteiger partial charge in [-0.1, -0.05) is 6.07 Å². The zero-order valence-electron chi connectivity index (χ0n) is 36.1. The zero-order chi connectivity index (χ0) is 50.7. The van der Waals surface area contributed by atoms with E-state index in [1.54, 1.807) is 0 Å². The molecule has 7 rings (SSSR count). The molecule has 380 valence electrons. The number of hydrogen-bond acceptors (Lipinski definition) is 22. The van der Waals surface area contributed by atoms with Crippen molar-refractivity contribution in [2.24, 2.45) is 0 Å². The van der Waals surface area contributed by atoms with Gasteiger partial charge in [0.05, 0.1) is 38.5 Å². The molecule has 5 aliphatic rings. The Labute approximate surface area is 398 Å². The highest BCUT2D eigenvalue weighted by Gasteiger charge is 2.52. The average molecular weight is 1010 g/mol. The molecule has 0 bridgehead atoms. The number of ether oxygens (including phenoxy) is 6. The van der Waals surface area contributed by atoms with Gasteiger partial charge in [-0.25, -0.2) is 9.18 Å². The Morgan fingerprint density at radius 3 is 2.17 bits per heavy atom. The number of anilines is 1. The number of rotatable bonds is 16. The monoisotopic (exact) mass is 1010 g/mol. The number of aliphatic carboxylic acids is 1. The van der Waals surface area contributed by atoms with Crippen molar-refractivity contribution in [1.82, 2.24) is 10.6 Å². The lowest BCUT2D eigenvalue weighted by atomic mass is 9.90. The zero-order valence-corrected chi connectivity index (χ0v) is 36.9. The van der Waals surface area contributed by atoms with Gasteiger partial charge in [-0.2, -0.15) is 0 Å². The van der Waals surface area contributed by atoms with Crippen LogP contribution in [-0.2, 0) is 38.0 Å². The predicted octanol–water partition coefficient (Wildman–Crippen LogP) is -3.09. The lowest BCUT2D eigenvalue weighted by molar-refractivity contribution is -0.370. The molecule has 70 heavy (non-hydrogen) atoms. The smallest absolute Gasteiger partial charge is 0.336 e. The average Bonchev–Trinajstić information content (AvgIpc) is 3.32. The molecule has 3 saturated heterocycles. The number of aliphatic hydroxyl groups excluding tert-OH is 8. The summed E-state index contributed by atoms with van der Waals surface area (Å²) in [7, 11) is 0. The second-order valence-corrected chi connectivity index (χ2v) is 16.7. The van der Waals surface area contributed by atoms with Crippen LogP contribution in [0.2, 0.25) is 0 Å². The van der Waals surface area contributed by atoms with E-state index in [0.29, 0.717) is 16.5 Å². The van der Waals surface area contributed by atoms with E-state index in [-0.39, 0.29) is 44.4 Å². The summed E-state index contributed by atoms with van der Waals surface area (Å²) in [6, 6.07) is 10.8. The van der Waals surface area contributed by atoms with Gasteiger partial charge in [0.2, 0.25) is 5.91 Å². The third-order valence-electron chi connectivity index (χ3n) is 11.6. The van der Waals surface area contributed by atoms with E-state index in [4.69, 9.17) is 45.1 Å². The number of hydrogen-bond donors (Lipinski definition) is 14. The van der Waals surface area contributed by atoms with E-state index in [2.05, 4.69) is 16.0 Å². The largest absolute Gasteiger partial charge is 0.508 e. The number of alkyl halides is 1. The minimum absolute atomic E-state index is 0.130. The van der Waals surface area contributed by atoms with Crippen molar-refractivity contribution in [3.8, 4) is 28.2 Å². The maximum absolute atomic E-state index is 14.2. The highest BCUT2D eigenvalue weighted by molar-refractivity contribution is 7.80. The fourth-order valence-electron chi connectivity index (χ4n) is 7.97. The highest BCUT2D eigenvalue weighted by Crippen LogP contribution is 2.42. The van der Waals surface area contributed by atoms with Crippen LogP contribution in [-0.4, -0.2) is 204 Å². The number of fused-ring (bicyclic) bond motifs is 2. The number of phenols is 1. The number of thiocarbonyl (C=S) groups is 1. The van der Waals surface area contributed by atoms with Gasteiger partial charge in [0.25, 0.3) is 0 Å². The molecule has 14 N–H and O–H groups in total. The highest BCUT2D eigenvalue weighted by atomic mass is 32.1. The fraction of sp³-hybridized carbons (Fsp3) is 0.465. The second kappa shape index (κ2) is 22.3. The van der Waals surface area contributed by atoms with Gasteiger partial charge in [-0.15, -0.1) is 0 Å². The number of nitrogens with one attached hydrogen (secondary N) is 3. The third kappa shape index (κ3) is 11.3. The molecule has 15 atom stereocenters. The number of phenolic OH excluding ortho intramolecular Hbond substituents is 1. The number of amides is 1. The van der Waals surface area contributed by atoms with Crippen molar-refractivity contribution < 1.29 is 108 Å². The Balaban J connectivity index is 0.902. The Morgan fingerprint density at radius 2 is 1.47 bits per heavy atom. The topological polar surface area (TPSA) is 395 Å². The normalized spacial score (nSPS) is 30.7.